The van der Waals surface area contributed by atoms with Crippen molar-refractivity contribution in [3.8, 4) is 0 Å². The number of carbonyl (C=O) groups excluding carboxylic acids is 2. The molecule has 23 heavy (non-hydrogen) atoms. The molecule has 4 heteroatoms. The Morgan fingerprint density at radius 1 is 1.00 bits per heavy atom. The summed E-state index contributed by atoms with van der Waals surface area (Å²) in [6.07, 6.45) is 0. The Balaban J connectivity index is 1.90. The summed E-state index contributed by atoms with van der Waals surface area (Å²) in [6, 6.07) is 14.9. The van der Waals surface area contributed by atoms with Gasteiger partial charge in [0.1, 0.15) is 0 Å². The Morgan fingerprint density at radius 3 is 2.30 bits per heavy atom. The summed E-state index contributed by atoms with van der Waals surface area (Å²) in [6.45, 7) is 5.94. The first kappa shape index (κ1) is 16.7. The van der Waals surface area contributed by atoms with Gasteiger partial charge in [0.2, 0.25) is 5.91 Å². The van der Waals surface area contributed by atoms with Crippen LogP contribution in [0.5, 0.6) is 0 Å². The van der Waals surface area contributed by atoms with E-state index in [1.165, 1.54) is 12.5 Å². The van der Waals surface area contributed by atoms with Gasteiger partial charge in [-0.25, -0.2) is 0 Å². The standard InChI is InChI=1S/C19H22N2O2/c1-13(2)16-5-4-6-18(11-16)21-19(23)12-20-17-9-7-15(8-10-17)14(3)22/h4-11,13,20H,12H2,1-3H3,(H,21,23). The number of hydrogen-bond donors (Lipinski definition) is 2. The Kier molecular flexibility index (Phi) is 5.52. The Bertz CT molecular complexity index is 691. The number of ketones is 1. The molecule has 2 rings (SSSR count). The van der Waals surface area contributed by atoms with Gasteiger partial charge < -0.3 is 10.6 Å². The molecule has 0 radical (unpaired) electrons. The average Bonchev–Trinajstić information content (AvgIpc) is 2.53. The van der Waals surface area contributed by atoms with Crippen LogP contribution in [0.25, 0.3) is 0 Å². The Labute approximate surface area is 136 Å². The topological polar surface area (TPSA) is 58.2 Å². The van der Waals surface area contributed by atoms with Crippen molar-refractivity contribution in [1.29, 1.82) is 0 Å². The van der Waals surface area contributed by atoms with E-state index in [4.69, 9.17) is 0 Å². The van der Waals surface area contributed by atoms with Crippen molar-refractivity contribution in [2.24, 2.45) is 0 Å². The van der Waals surface area contributed by atoms with E-state index in [-0.39, 0.29) is 18.2 Å². The van der Waals surface area contributed by atoms with E-state index in [9.17, 15) is 9.59 Å². The van der Waals surface area contributed by atoms with Crippen molar-refractivity contribution >= 4 is 23.1 Å². The van der Waals surface area contributed by atoms with Gasteiger partial charge in [0.25, 0.3) is 0 Å². The second-order valence-corrected chi connectivity index (χ2v) is 5.82. The van der Waals surface area contributed by atoms with Gasteiger partial charge in [0, 0.05) is 16.9 Å². The molecule has 2 aromatic rings. The molecule has 0 spiro atoms. The largest absolute Gasteiger partial charge is 0.376 e. The van der Waals surface area contributed by atoms with Crippen LogP contribution in [-0.2, 0) is 4.79 Å². The van der Waals surface area contributed by atoms with E-state index < -0.39 is 0 Å². The van der Waals surface area contributed by atoms with Crippen LogP contribution in [0.2, 0.25) is 0 Å². The highest BCUT2D eigenvalue weighted by Crippen LogP contribution is 2.18. The number of carbonyl (C=O) groups is 2. The normalized spacial score (nSPS) is 10.4. The highest BCUT2D eigenvalue weighted by Gasteiger charge is 2.05. The molecule has 0 aliphatic rings. The summed E-state index contributed by atoms with van der Waals surface area (Å²) in [5.41, 5.74) is 3.46. The predicted octanol–water partition coefficient (Wildman–Crippen LogP) is 4.06. The van der Waals surface area contributed by atoms with Gasteiger partial charge in [-0.3, -0.25) is 9.59 Å². The SMILES string of the molecule is CC(=O)c1ccc(NCC(=O)Nc2cccc(C(C)C)c2)cc1. The Hall–Kier alpha value is -2.62. The highest BCUT2D eigenvalue weighted by molar-refractivity contribution is 5.95. The van der Waals surface area contributed by atoms with Crippen LogP contribution in [0.1, 0.15) is 42.6 Å². The number of Topliss-reactive ketones (excluding diaryl/α,β-unsaturated/α-hetero) is 1. The summed E-state index contributed by atoms with van der Waals surface area (Å²) in [4.78, 5) is 23.2. The predicted molar refractivity (Wildman–Crippen MR) is 94.1 cm³/mol. The molecule has 1 amide bonds. The molecule has 0 unspecified atom stereocenters. The van der Waals surface area contributed by atoms with Crippen molar-refractivity contribution in [3.63, 3.8) is 0 Å². The van der Waals surface area contributed by atoms with Gasteiger partial charge in [0.05, 0.1) is 6.54 Å². The Morgan fingerprint density at radius 2 is 1.70 bits per heavy atom. The van der Waals surface area contributed by atoms with Gasteiger partial charge >= 0.3 is 0 Å². The molecule has 0 atom stereocenters. The fourth-order valence-corrected chi connectivity index (χ4v) is 2.19. The molecule has 0 saturated heterocycles. The molecule has 0 saturated carbocycles. The minimum absolute atomic E-state index is 0.0272. The second-order valence-electron chi connectivity index (χ2n) is 5.82. The minimum atomic E-state index is -0.110. The van der Waals surface area contributed by atoms with Crippen LogP contribution < -0.4 is 10.6 Å². The molecule has 0 aromatic heterocycles. The zero-order valence-electron chi connectivity index (χ0n) is 13.7. The summed E-state index contributed by atoms with van der Waals surface area (Å²) < 4.78 is 0. The third-order valence-electron chi connectivity index (χ3n) is 3.58. The molecule has 0 bridgehead atoms. The lowest BCUT2D eigenvalue weighted by atomic mass is 10.0. The summed E-state index contributed by atoms with van der Waals surface area (Å²) in [5, 5.41) is 5.93. The average molecular weight is 310 g/mol. The molecule has 0 heterocycles. The van der Waals surface area contributed by atoms with E-state index in [1.807, 2.05) is 18.2 Å². The molecule has 120 valence electrons. The maximum atomic E-state index is 12.0. The zero-order valence-corrected chi connectivity index (χ0v) is 13.7. The fourth-order valence-electron chi connectivity index (χ4n) is 2.19. The molecule has 2 aromatic carbocycles. The molecule has 0 aliphatic heterocycles. The van der Waals surface area contributed by atoms with E-state index >= 15 is 0 Å². The number of nitrogens with one attached hydrogen (secondary N) is 2. The first-order chi connectivity index (χ1) is 11.0. The number of benzene rings is 2. The van der Waals surface area contributed by atoms with Gasteiger partial charge in [-0.2, -0.15) is 0 Å². The van der Waals surface area contributed by atoms with Crippen molar-refractivity contribution < 1.29 is 9.59 Å². The van der Waals surface area contributed by atoms with Crippen LogP contribution >= 0.6 is 0 Å². The summed E-state index contributed by atoms with van der Waals surface area (Å²) in [7, 11) is 0. The molecular formula is C19H22N2O2. The first-order valence-electron chi connectivity index (χ1n) is 7.70. The van der Waals surface area contributed by atoms with E-state index in [0.29, 0.717) is 11.5 Å². The number of amides is 1. The summed E-state index contributed by atoms with van der Waals surface area (Å²) >= 11 is 0. The van der Waals surface area contributed by atoms with Gasteiger partial charge in [-0.1, -0.05) is 26.0 Å². The quantitative estimate of drug-likeness (QED) is 0.791. The molecular weight excluding hydrogens is 288 g/mol. The molecule has 2 N–H and O–H groups in total. The highest BCUT2D eigenvalue weighted by atomic mass is 16.2. The zero-order chi connectivity index (χ0) is 16.8. The van der Waals surface area contributed by atoms with E-state index in [2.05, 4.69) is 30.5 Å². The van der Waals surface area contributed by atoms with Crippen LogP contribution in [0.4, 0.5) is 11.4 Å². The van der Waals surface area contributed by atoms with Gasteiger partial charge in [0.15, 0.2) is 5.78 Å². The van der Waals surface area contributed by atoms with E-state index in [1.54, 1.807) is 24.3 Å². The molecule has 4 nitrogen and oxygen atoms in total. The van der Waals surface area contributed by atoms with Crippen molar-refractivity contribution in [3.05, 3.63) is 59.7 Å². The number of hydrogen-bond acceptors (Lipinski definition) is 3. The third-order valence-corrected chi connectivity index (χ3v) is 3.58. The van der Waals surface area contributed by atoms with Crippen molar-refractivity contribution in [2.45, 2.75) is 26.7 Å². The first-order valence-corrected chi connectivity index (χ1v) is 7.70. The van der Waals surface area contributed by atoms with Crippen molar-refractivity contribution in [2.75, 3.05) is 17.2 Å². The molecule has 0 fully saturated rings. The van der Waals surface area contributed by atoms with Crippen LogP contribution in [-0.4, -0.2) is 18.2 Å². The van der Waals surface area contributed by atoms with E-state index in [0.717, 1.165) is 11.4 Å². The smallest absolute Gasteiger partial charge is 0.243 e. The minimum Gasteiger partial charge on any atom is -0.376 e. The number of rotatable bonds is 6. The van der Waals surface area contributed by atoms with Crippen LogP contribution in [0.3, 0.4) is 0 Å². The third kappa shape index (κ3) is 4.95. The second kappa shape index (κ2) is 7.58. The van der Waals surface area contributed by atoms with Gasteiger partial charge in [-0.15, -0.1) is 0 Å². The fraction of sp³-hybridized carbons (Fsp3) is 0.263. The van der Waals surface area contributed by atoms with Crippen LogP contribution in [0.15, 0.2) is 48.5 Å². The lowest BCUT2D eigenvalue weighted by molar-refractivity contribution is -0.114. The monoisotopic (exact) mass is 310 g/mol. The van der Waals surface area contributed by atoms with Gasteiger partial charge in [-0.05, 0) is 54.8 Å². The lowest BCUT2D eigenvalue weighted by Gasteiger charge is -2.10. The number of anilines is 2. The summed E-state index contributed by atoms with van der Waals surface area (Å²) in [5.74, 6) is 0.339. The lowest BCUT2D eigenvalue weighted by Crippen LogP contribution is -2.21. The van der Waals surface area contributed by atoms with Crippen LogP contribution in [0, 0.1) is 0 Å². The maximum absolute atomic E-state index is 12.0. The van der Waals surface area contributed by atoms with Crippen molar-refractivity contribution in [1.82, 2.24) is 0 Å². The maximum Gasteiger partial charge on any atom is 0.243 e. The molecule has 0 aliphatic carbocycles.